The molecule has 1 nitrogen and oxygen atoms in total. The van der Waals surface area contributed by atoms with E-state index in [0.717, 1.165) is 4.47 Å². The summed E-state index contributed by atoms with van der Waals surface area (Å²) in [5, 5.41) is 10.8. The summed E-state index contributed by atoms with van der Waals surface area (Å²) in [5.74, 6) is -0.327. The van der Waals surface area contributed by atoms with Crippen molar-refractivity contribution >= 4 is 43.5 Å². The molecule has 19 heavy (non-hydrogen) atoms. The van der Waals surface area contributed by atoms with Crippen molar-refractivity contribution in [2.24, 2.45) is 0 Å². The summed E-state index contributed by atoms with van der Waals surface area (Å²) in [5.41, 5.74) is 1.15. The van der Waals surface area contributed by atoms with Gasteiger partial charge in [0.2, 0.25) is 0 Å². The summed E-state index contributed by atoms with van der Waals surface area (Å²) < 4.78 is 15.1. The minimum Gasteiger partial charge on any atom is -0.388 e. The van der Waals surface area contributed by atoms with Crippen molar-refractivity contribution in [1.29, 1.82) is 0 Å². The Hall–Kier alpha value is -0.420. The van der Waals surface area contributed by atoms with Gasteiger partial charge in [0.1, 0.15) is 5.82 Å². The second kappa shape index (κ2) is 6.35. The molecule has 0 aliphatic heterocycles. The minimum atomic E-state index is -0.796. The van der Waals surface area contributed by atoms with Gasteiger partial charge in [-0.1, -0.05) is 49.5 Å². The van der Waals surface area contributed by atoms with Gasteiger partial charge in [0, 0.05) is 20.4 Å². The molecule has 1 N–H and O–H groups in total. The molecule has 0 spiro atoms. The second-order valence-electron chi connectivity index (χ2n) is 4.12. The van der Waals surface area contributed by atoms with Crippen molar-refractivity contribution in [3.8, 4) is 0 Å². The molecule has 0 heterocycles. The topological polar surface area (TPSA) is 20.2 Å². The van der Waals surface area contributed by atoms with Gasteiger partial charge in [0.05, 0.1) is 6.10 Å². The second-order valence-corrected chi connectivity index (χ2v) is 6.33. The van der Waals surface area contributed by atoms with Crippen molar-refractivity contribution in [2.75, 3.05) is 0 Å². The molecule has 0 aromatic heterocycles. The maximum Gasteiger partial charge on any atom is 0.126 e. The lowest BCUT2D eigenvalue weighted by Gasteiger charge is -2.14. The summed E-state index contributed by atoms with van der Waals surface area (Å²) in [6, 6.07) is 9.81. The highest BCUT2D eigenvalue weighted by Gasteiger charge is 2.15. The third-order valence-electron chi connectivity index (χ3n) is 2.74. The molecule has 5 heteroatoms. The summed E-state index contributed by atoms with van der Waals surface area (Å²) in [7, 11) is 0. The Morgan fingerprint density at radius 3 is 2.58 bits per heavy atom. The quantitative estimate of drug-likeness (QED) is 0.733. The van der Waals surface area contributed by atoms with Crippen LogP contribution < -0.4 is 0 Å². The molecule has 2 aromatic carbocycles. The van der Waals surface area contributed by atoms with Crippen LogP contribution in [-0.2, 0) is 6.42 Å². The first kappa shape index (κ1) is 15.0. The van der Waals surface area contributed by atoms with Gasteiger partial charge in [0.15, 0.2) is 0 Å². The van der Waals surface area contributed by atoms with Crippen LogP contribution in [-0.4, -0.2) is 5.11 Å². The number of aliphatic hydroxyl groups is 1. The van der Waals surface area contributed by atoms with E-state index in [1.165, 1.54) is 6.07 Å². The summed E-state index contributed by atoms with van der Waals surface area (Å²) in [6.45, 7) is 0. The zero-order chi connectivity index (χ0) is 14.0. The molecule has 100 valence electrons. The average molecular weight is 408 g/mol. The normalized spacial score (nSPS) is 12.5. The predicted molar refractivity (Wildman–Crippen MR) is 81.9 cm³/mol. The van der Waals surface area contributed by atoms with E-state index in [9.17, 15) is 9.50 Å². The number of halogens is 4. The molecule has 0 saturated carbocycles. The van der Waals surface area contributed by atoms with E-state index in [1.54, 1.807) is 30.3 Å². The zero-order valence-electron chi connectivity index (χ0n) is 9.71. The maximum atomic E-state index is 13.6. The Bertz CT molecular complexity index is 604. The van der Waals surface area contributed by atoms with Crippen LogP contribution in [0, 0.1) is 5.82 Å². The van der Waals surface area contributed by atoms with Gasteiger partial charge >= 0.3 is 0 Å². The monoisotopic (exact) mass is 406 g/mol. The van der Waals surface area contributed by atoms with Gasteiger partial charge in [0.25, 0.3) is 0 Å². The number of aliphatic hydroxyl groups excluding tert-OH is 1. The van der Waals surface area contributed by atoms with E-state index >= 15 is 0 Å². The smallest absolute Gasteiger partial charge is 0.126 e. The molecular weight excluding hydrogens is 398 g/mol. The molecule has 2 aromatic rings. The molecule has 0 fully saturated rings. The summed E-state index contributed by atoms with van der Waals surface area (Å²) in [4.78, 5) is 0. The molecule has 0 aliphatic rings. The Labute approximate surface area is 132 Å². The van der Waals surface area contributed by atoms with Gasteiger partial charge in [-0.2, -0.15) is 0 Å². The lowest BCUT2D eigenvalue weighted by molar-refractivity contribution is 0.176. The van der Waals surface area contributed by atoms with Gasteiger partial charge in [-0.05, 0) is 41.5 Å². The molecular formula is C14H10Br2ClFO. The molecule has 0 radical (unpaired) electrons. The Morgan fingerprint density at radius 1 is 1.16 bits per heavy atom. The van der Waals surface area contributed by atoms with E-state index in [2.05, 4.69) is 31.9 Å². The van der Waals surface area contributed by atoms with Crippen LogP contribution in [0.15, 0.2) is 45.3 Å². The number of rotatable bonds is 3. The van der Waals surface area contributed by atoms with E-state index < -0.39 is 6.10 Å². The predicted octanol–water partition coefficient (Wildman–Crippen LogP) is 5.28. The van der Waals surface area contributed by atoms with Crippen molar-refractivity contribution in [1.82, 2.24) is 0 Å². The largest absolute Gasteiger partial charge is 0.388 e. The standard InChI is InChI=1S/C14H10Br2ClFO/c15-9-1-4-13(18)8(5-9)6-14(19)11-3-2-10(17)7-12(11)16/h1-5,7,14,19H,6H2. The lowest BCUT2D eigenvalue weighted by Crippen LogP contribution is -2.04. The molecule has 0 saturated heterocycles. The Kier molecular flexibility index (Phi) is 5.01. The van der Waals surface area contributed by atoms with Crippen molar-refractivity contribution in [3.63, 3.8) is 0 Å². The number of hydrogen-bond acceptors (Lipinski definition) is 1. The molecule has 0 amide bonds. The fraction of sp³-hybridized carbons (Fsp3) is 0.143. The third kappa shape index (κ3) is 3.78. The Balaban J connectivity index is 2.25. The number of benzene rings is 2. The first-order valence-electron chi connectivity index (χ1n) is 5.54. The molecule has 1 unspecified atom stereocenters. The lowest BCUT2D eigenvalue weighted by atomic mass is 10.0. The zero-order valence-corrected chi connectivity index (χ0v) is 13.6. The van der Waals surface area contributed by atoms with E-state index in [1.807, 2.05) is 0 Å². The maximum absolute atomic E-state index is 13.6. The molecule has 2 rings (SSSR count). The third-order valence-corrected chi connectivity index (χ3v) is 4.16. The van der Waals surface area contributed by atoms with Crippen molar-refractivity contribution in [2.45, 2.75) is 12.5 Å². The fourth-order valence-corrected chi connectivity index (χ4v) is 3.15. The highest BCUT2D eigenvalue weighted by Crippen LogP contribution is 2.29. The summed E-state index contributed by atoms with van der Waals surface area (Å²) in [6.07, 6.45) is -0.596. The fourth-order valence-electron chi connectivity index (χ4n) is 1.79. The van der Waals surface area contributed by atoms with Crippen LogP contribution in [0.5, 0.6) is 0 Å². The van der Waals surface area contributed by atoms with Gasteiger partial charge in [-0.15, -0.1) is 0 Å². The van der Waals surface area contributed by atoms with Gasteiger partial charge in [-0.3, -0.25) is 0 Å². The van der Waals surface area contributed by atoms with E-state index in [4.69, 9.17) is 11.6 Å². The van der Waals surface area contributed by atoms with E-state index in [-0.39, 0.29) is 12.2 Å². The summed E-state index contributed by atoms with van der Waals surface area (Å²) >= 11 is 12.5. The van der Waals surface area contributed by atoms with Gasteiger partial charge < -0.3 is 5.11 Å². The van der Waals surface area contributed by atoms with Crippen molar-refractivity contribution in [3.05, 3.63) is 67.3 Å². The first-order valence-corrected chi connectivity index (χ1v) is 7.50. The van der Waals surface area contributed by atoms with Crippen LogP contribution in [0.1, 0.15) is 17.2 Å². The van der Waals surface area contributed by atoms with E-state index in [0.29, 0.717) is 20.6 Å². The van der Waals surface area contributed by atoms with Crippen LogP contribution in [0.3, 0.4) is 0 Å². The van der Waals surface area contributed by atoms with Crippen LogP contribution in [0.4, 0.5) is 4.39 Å². The van der Waals surface area contributed by atoms with Crippen LogP contribution >= 0.6 is 43.5 Å². The van der Waals surface area contributed by atoms with Gasteiger partial charge in [-0.25, -0.2) is 4.39 Å². The molecule has 0 bridgehead atoms. The highest BCUT2D eigenvalue weighted by molar-refractivity contribution is 9.10. The first-order chi connectivity index (χ1) is 8.97. The number of hydrogen-bond donors (Lipinski definition) is 1. The Morgan fingerprint density at radius 2 is 1.89 bits per heavy atom. The SMILES string of the molecule is OC(Cc1cc(Br)ccc1F)c1ccc(Cl)cc1Br. The van der Waals surface area contributed by atoms with Crippen LogP contribution in [0.25, 0.3) is 0 Å². The van der Waals surface area contributed by atoms with Crippen LogP contribution in [0.2, 0.25) is 5.02 Å². The molecule has 1 atom stereocenters. The highest BCUT2D eigenvalue weighted by atomic mass is 79.9. The minimum absolute atomic E-state index is 0.200. The molecule has 0 aliphatic carbocycles. The average Bonchev–Trinajstić information content (AvgIpc) is 2.33. The van der Waals surface area contributed by atoms with Crippen molar-refractivity contribution < 1.29 is 9.50 Å².